The van der Waals surface area contributed by atoms with Crippen molar-refractivity contribution in [2.45, 2.75) is 26.1 Å². The third kappa shape index (κ3) is 4.02. The lowest BCUT2D eigenvalue weighted by molar-refractivity contribution is 0.0698. The van der Waals surface area contributed by atoms with Crippen LogP contribution in [-0.4, -0.2) is 16.9 Å². The van der Waals surface area contributed by atoms with Crippen LogP contribution in [0, 0.1) is 5.92 Å². The summed E-state index contributed by atoms with van der Waals surface area (Å²) in [6.45, 7) is 2.30. The average Bonchev–Trinajstić information content (AvgIpc) is 2.81. The second-order valence-electron chi connectivity index (χ2n) is 7.93. The first-order valence-corrected chi connectivity index (χ1v) is 10.5. The molecule has 0 fully saturated rings. The summed E-state index contributed by atoms with van der Waals surface area (Å²) in [5, 5.41) is 1.10. The zero-order chi connectivity index (χ0) is 21.2. The normalized spacial score (nSPS) is 17.8. The molecular formula is C27H23NO3. The number of fused-ring (bicyclic) bond motifs is 2. The number of aromatic nitrogens is 1. The van der Waals surface area contributed by atoms with E-state index in [1.165, 1.54) is 0 Å². The molecule has 31 heavy (non-hydrogen) atoms. The summed E-state index contributed by atoms with van der Waals surface area (Å²) < 4.78 is 12.0. The minimum Gasteiger partial charge on any atom is -0.489 e. The van der Waals surface area contributed by atoms with Gasteiger partial charge in [-0.05, 0) is 49.2 Å². The Labute approximate surface area is 181 Å². The summed E-state index contributed by atoms with van der Waals surface area (Å²) in [4.78, 5) is 17.9. The Morgan fingerprint density at radius 2 is 1.74 bits per heavy atom. The maximum Gasteiger partial charge on any atom is 0.173 e. The first kappa shape index (κ1) is 19.3. The molecule has 1 aliphatic rings. The zero-order valence-corrected chi connectivity index (χ0v) is 17.3. The van der Waals surface area contributed by atoms with Gasteiger partial charge < -0.3 is 9.47 Å². The molecule has 2 atom stereocenters. The van der Waals surface area contributed by atoms with Crippen molar-refractivity contribution in [1.82, 2.24) is 4.98 Å². The van der Waals surface area contributed by atoms with Crippen molar-refractivity contribution < 1.29 is 14.3 Å². The summed E-state index contributed by atoms with van der Waals surface area (Å²) >= 11 is 0. The van der Waals surface area contributed by atoms with E-state index >= 15 is 0 Å². The minimum atomic E-state index is -0.215. The standard InChI is InChI=1S/C27H23NO3/c1-18-23(15-19-7-3-2-4-8-19)27(29)24-16-22(13-14-26(24)31-18)30-17-21-12-11-20-9-5-6-10-25(20)28-21/h2-14,16,18,23H,15,17H2,1H3. The van der Waals surface area contributed by atoms with Gasteiger partial charge in [0.1, 0.15) is 24.2 Å². The van der Waals surface area contributed by atoms with E-state index in [4.69, 9.17) is 9.47 Å². The summed E-state index contributed by atoms with van der Waals surface area (Å²) in [6, 6.07) is 27.5. The molecule has 0 saturated heterocycles. The Balaban J connectivity index is 1.34. The van der Waals surface area contributed by atoms with Crippen LogP contribution >= 0.6 is 0 Å². The number of Topliss-reactive ketones (excluding diaryl/α,β-unsaturated/α-hetero) is 1. The number of hydrogen-bond acceptors (Lipinski definition) is 4. The molecular weight excluding hydrogens is 386 g/mol. The third-order valence-electron chi connectivity index (χ3n) is 5.77. The largest absolute Gasteiger partial charge is 0.489 e. The molecule has 154 valence electrons. The van der Waals surface area contributed by atoms with Crippen molar-refractivity contribution in [3.63, 3.8) is 0 Å². The van der Waals surface area contributed by atoms with Crippen molar-refractivity contribution in [2.24, 2.45) is 5.92 Å². The highest BCUT2D eigenvalue weighted by Gasteiger charge is 2.34. The highest BCUT2D eigenvalue weighted by Crippen LogP contribution is 2.35. The van der Waals surface area contributed by atoms with Crippen LogP contribution in [0.2, 0.25) is 0 Å². The Morgan fingerprint density at radius 1 is 0.935 bits per heavy atom. The monoisotopic (exact) mass is 409 g/mol. The predicted octanol–water partition coefficient (Wildman–Crippen LogP) is 5.64. The van der Waals surface area contributed by atoms with Crippen LogP contribution in [-0.2, 0) is 13.0 Å². The number of hydrogen-bond donors (Lipinski definition) is 0. The Hall–Kier alpha value is -3.66. The molecule has 4 heteroatoms. The maximum atomic E-state index is 13.3. The molecule has 0 saturated carbocycles. The fraction of sp³-hybridized carbons (Fsp3) is 0.185. The van der Waals surface area contributed by atoms with Crippen molar-refractivity contribution in [3.8, 4) is 11.5 Å². The lowest BCUT2D eigenvalue weighted by Gasteiger charge is -2.30. The number of ketones is 1. The van der Waals surface area contributed by atoms with Crippen LogP contribution in [0.3, 0.4) is 0 Å². The summed E-state index contributed by atoms with van der Waals surface area (Å²) in [5.74, 6) is 1.15. The fourth-order valence-corrected chi connectivity index (χ4v) is 4.06. The number of carbonyl (C=O) groups excluding carboxylic acids is 1. The molecule has 2 unspecified atom stereocenters. The van der Waals surface area contributed by atoms with Crippen molar-refractivity contribution >= 4 is 16.7 Å². The summed E-state index contributed by atoms with van der Waals surface area (Å²) in [5.41, 5.74) is 3.50. The number of nitrogens with zero attached hydrogens (tertiary/aromatic N) is 1. The van der Waals surface area contributed by atoms with Crippen molar-refractivity contribution in [1.29, 1.82) is 0 Å². The molecule has 5 rings (SSSR count). The topological polar surface area (TPSA) is 48.4 Å². The highest BCUT2D eigenvalue weighted by atomic mass is 16.5. The highest BCUT2D eigenvalue weighted by molar-refractivity contribution is 6.02. The van der Waals surface area contributed by atoms with Crippen LogP contribution in [0.4, 0.5) is 0 Å². The van der Waals surface area contributed by atoms with Gasteiger partial charge in [0.2, 0.25) is 0 Å². The molecule has 0 amide bonds. The minimum absolute atomic E-state index is 0.104. The van der Waals surface area contributed by atoms with E-state index in [9.17, 15) is 4.79 Å². The molecule has 0 radical (unpaired) electrons. The van der Waals surface area contributed by atoms with Crippen LogP contribution in [0.1, 0.15) is 28.5 Å². The van der Waals surface area contributed by atoms with Gasteiger partial charge in [0.25, 0.3) is 0 Å². The number of rotatable bonds is 5. The molecule has 1 aromatic heterocycles. The van der Waals surface area contributed by atoms with Gasteiger partial charge >= 0.3 is 0 Å². The molecule has 0 N–H and O–H groups in total. The van der Waals surface area contributed by atoms with Gasteiger partial charge in [-0.1, -0.05) is 54.6 Å². The summed E-state index contributed by atoms with van der Waals surface area (Å²) in [7, 11) is 0. The van der Waals surface area contributed by atoms with Gasteiger partial charge in [-0.25, -0.2) is 4.98 Å². The average molecular weight is 409 g/mol. The number of carbonyl (C=O) groups is 1. The Morgan fingerprint density at radius 3 is 2.61 bits per heavy atom. The number of pyridine rings is 1. The number of benzene rings is 3. The van der Waals surface area contributed by atoms with Crippen molar-refractivity contribution in [3.05, 3.63) is 102 Å². The van der Waals surface area contributed by atoms with Gasteiger partial charge in [-0.15, -0.1) is 0 Å². The predicted molar refractivity (Wildman–Crippen MR) is 121 cm³/mol. The van der Waals surface area contributed by atoms with Crippen LogP contribution < -0.4 is 9.47 Å². The van der Waals surface area contributed by atoms with Crippen LogP contribution in [0.5, 0.6) is 11.5 Å². The first-order chi connectivity index (χ1) is 15.2. The molecule has 0 spiro atoms. The van der Waals surface area contributed by atoms with E-state index in [0.29, 0.717) is 30.1 Å². The Kier molecular flexibility index (Phi) is 5.13. The molecule has 1 aliphatic heterocycles. The van der Waals surface area contributed by atoms with E-state index < -0.39 is 0 Å². The van der Waals surface area contributed by atoms with E-state index in [1.807, 2.05) is 85.8 Å². The third-order valence-corrected chi connectivity index (χ3v) is 5.77. The lowest BCUT2D eigenvalue weighted by Crippen LogP contribution is -2.37. The SMILES string of the molecule is CC1Oc2ccc(OCc3ccc4ccccc4n3)cc2C(=O)C1Cc1ccccc1. The number of ether oxygens (including phenoxy) is 2. The van der Waals surface area contributed by atoms with Crippen LogP contribution in [0.15, 0.2) is 84.9 Å². The van der Waals surface area contributed by atoms with E-state index in [-0.39, 0.29) is 17.8 Å². The lowest BCUT2D eigenvalue weighted by atomic mass is 9.85. The molecule has 4 nitrogen and oxygen atoms in total. The molecule has 0 aliphatic carbocycles. The van der Waals surface area contributed by atoms with E-state index in [2.05, 4.69) is 4.98 Å². The quantitative estimate of drug-likeness (QED) is 0.428. The Bertz CT molecular complexity index is 1240. The second-order valence-corrected chi connectivity index (χ2v) is 7.93. The van der Waals surface area contributed by atoms with Crippen LogP contribution in [0.25, 0.3) is 10.9 Å². The van der Waals surface area contributed by atoms with Crippen molar-refractivity contribution in [2.75, 3.05) is 0 Å². The summed E-state index contributed by atoms with van der Waals surface area (Å²) in [6.07, 6.45) is 0.487. The maximum absolute atomic E-state index is 13.3. The van der Waals surface area contributed by atoms with Gasteiger partial charge in [-0.2, -0.15) is 0 Å². The van der Waals surface area contributed by atoms with Gasteiger partial charge in [-0.3, -0.25) is 4.79 Å². The number of para-hydroxylation sites is 1. The second kappa shape index (κ2) is 8.23. The molecule has 3 aromatic carbocycles. The van der Waals surface area contributed by atoms with E-state index in [1.54, 1.807) is 6.07 Å². The fourth-order valence-electron chi connectivity index (χ4n) is 4.06. The zero-order valence-electron chi connectivity index (χ0n) is 17.3. The van der Waals surface area contributed by atoms with Gasteiger partial charge in [0.15, 0.2) is 5.78 Å². The molecule has 2 heterocycles. The molecule has 0 bridgehead atoms. The first-order valence-electron chi connectivity index (χ1n) is 10.5. The van der Waals surface area contributed by atoms with E-state index in [0.717, 1.165) is 22.2 Å². The van der Waals surface area contributed by atoms with Gasteiger partial charge in [0, 0.05) is 5.39 Å². The smallest absolute Gasteiger partial charge is 0.173 e. The van der Waals surface area contributed by atoms with Gasteiger partial charge in [0.05, 0.1) is 22.7 Å². The molecule has 4 aromatic rings.